The van der Waals surface area contributed by atoms with Crippen molar-refractivity contribution in [1.82, 2.24) is 4.90 Å². The molecular weight excluding hydrogens is 214 g/mol. The molecule has 0 unspecified atom stereocenters. The molecule has 1 aliphatic rings. The van der Waals surface area contributed by atoms with Gasteiger partial charge in [-0.2, -0.15) is 0 Å². The average molecular weight is 241 g/mol. The molecule has 0 aliphatic carbocycles. The van der Waals surface area contributed by atoms with Crippen molar-refractivity contribution in [2.24, 2.45) is 0 Å². The van der Waals surface area contributed by atoms with E-state index < -0.39 is 0 Å². The first kappa shape index (κ1) is 14.3. The van der Waals surface area contributed by atoms with Crippen LogP contribution in [0.5, 0.6) is 0 Å². The van der Waals surface area contributed by atoms with Crippen LogP contribution >= 0.6 is 0 Å². The topological polar surface area (TPSA) is 29.5 Å². The lowest BCUT2D eigenvalue weighted by Crippen LogP contribution is -2.46. The number of nitrogens with zero attached hydrogens (tertiary/aromatic N) is 1. The fraction of sp³-hybridized carbons (Fsp3) is 0.929. The van der Waals surface area contributed by atoms with Gasteiger partial charge in [-0.15, -0.1) is 0 Å². The van der Waals surface area contributed by atoms with Crippen LogP contribution in [-0.4, -0.2) is 29.2 Å². The van der Waals surface area contributed by atoms with Crippen LogP contribution in [0.15, 0.2) is 0 Å². The van der Waals surface area contributed by atoms with Crippen LogP contribution in [0, 0.1) is 0 Å². The summed E-state index contributed by atoms with van der Waals surface area (Å²) in [4.78, 5) is 14.0. The molecule has 0 bridgehead atoms. The highest BCUT2D eigenvalue weighted by atomic mass is 16.6. The summed E-state index contributed by atoms with van der Waals surface area (Å²) in [6, 6.07) is 0.401. The van der Waals surface area contributed by atoms with Crippen molar-refractivity contribution < 1.29 is 9.53 Å². The third-order valence-electron chi connectivity index (χ3n) is 3.15. The van der Waals surface area contributed by atoms with E-state index in [0.717, 1.165) is 25.8 Å². The first-order valence-corrected chi connectivity index (χ1v) is 6.93. The molecule has 0 aromatic heterocycles. The highest BCUT2D eigenvalue weighted by molar-refractivity contribution is 5.68. The zero-order valence-corrected chi connectivity index (χ0v) is 11.8. The second-order valence-corrected chi connectivity index (χ2v) is 5.97. The number of carbonyl (C=O) groups is 1. The molecule has 1 heterocycles. The molecule has 1 aliphatic heterocycles. The van der Waals surface area contributed by atoms with E-state index in [0.29, 0.717) is 6.04 Å². The van der Waals surface area contributed by atoms with Gasteiger partial charge < -0.3 is 9.64 Å². The van der Waals surface area contributed by atoms with Crippen LogP contribution in [0.3, 0.4) is 0 Å². The molecule has 17 heavy (non-hydrogen) atoms. The third-order valence-corrected chi connectivity index (χ3v) is 3.15. The summed E-state index contributed by atoms with van der Waals surface area (Å²) in [5, 5.41) is 0. The maximum Gasteiger partial charge on any atom is 0.410 e. The molecule has 0 saturated carbocycles. The fourth-order valence-electron chi connectivity index (χ4n) is 2.30. The number of hydrogen-bond donors (Lipinski definition) is 0. The first-order valence-electron chi connectivity index (χ1n) is 6.93. The molecule has 3 heteroatoms. The SMILES string of the molecule is CCCC[C@H]1CCCCN1C(=O)OC(C)(C)C. The van der Waals surface area contributed by atoms with Gasteiger partial charge in [-0.05, 0) is 46.5 Å². The van der Waals surface area contributed by atoms with E-state index in [-0.39, 0.29) is 11.7 Å². The number of unbranched alkanes of at least 4 members (excludes halogenated alkanes) is 1. The number of likely N-dealkylation sites (tertiary alicyclic amines) is 1. The lowest BCUT2D eigenvalue weighted by atomic mass is 9.98. The molecule has 0 aromatic carbocycles. The van der Waals surface area contributed by atoms with Crippen LogP contribution < -0.4 is 0 Å². The largest absolute Gasteiger partial charge is 0.444 e. The van der Waals surface area contributed by atoms with E-state index in [1.54, 1.807) is 0 Å². The number of carbonyl (C=O) groups excluding carboxylic acids is 1. The predicted octanol–water partition coefficient (Wildman–Crippen LogP) is 3.97. The quantitative estimate of drug-likeness (QED) is 0.748. The number of hydrogen-bond acceptors (Lipinski definition) is 2. The van der Waals surface area contributed by atoms with Crippen LogP contribution in [0.4, 0.5) is 4.79 Å². The summed E-state index contributed by atoms with van der Waals surface area (Å²) < 4.78 is 5.47. The Hall–Kier alpha value is -0.730. The van der Waals surface area contributed by atoms with E-state index in [2.05, 4.69) is 6.92 Å². The molecule has 3 nitrogen and oxygen atoms in total. The molecule has 0 radical (unpaired) electrons. The van der Waals surface area contributed by atoms with E-state index >= 15 is 0 Å². The van der Waals surface area contributed by atoms with Gasteiger partial charge in [-0.25, -0.2) is 4.79 Å². The van der Waals surface area contributed by atoms with Crippen molar-refractivity contribution in [2.75, 3.05) is 6.54 Å². The molecule has 0 N–H and O–H groups in total. The van der Waals surface area contributed by atoms with Crippen molar-refractivity contribution in [3.8, 4) is 0 Å². The average Bonchev–Trinajstić information content (AvgIpc) is 2.24. The van der Waals surface area contributed by atoms with E-state index in [1.165, 1.54) is 19.3 Å². The minimum absolute atomic E-state index is 0.127. The molecule has 100 valence electrons. The Balaban J connectivity index is 2.54. The van der Waals surface area contributed by atoms with Crippen molar-refractivity contribution in [3.05, 3.63) is 0 Å². The van der Waals surface area contributed by atoms with Gasteiger partial charge in [-0.3, -0.25) is 0 Å². The maximum atomic E-state index is 12.1. The molecule has 1 amide bonds. The second-order valence-electron chi connectivity index (χ2n) is 5.97. The van der Waals surface area contributed by atoms with Crippen molar-refractivity contribution >= 4 is 6.09 Å². The van der Waals surface area contributed by atoms with E-state index in [1.807, 2.05) is 25.7 Å². The molecule has 0 spiro atoms. The van der Waals surface area contributed by atoms with Crippen LogP contribution in [0.1, 0.15) is 66.2 Å². The Morgan fingerprint density at radius 3 is 2.65 bits per heavy atom. The second kappa shape index (κ2) is 6.27. The molecule has 1 rings (SSSR count). The summed E-state index contributed by atoms with van der Waals surface area (Å²) in [6.45, 7) is 8.84. The summed E-state index contributed by atoms with van der Waals surface area (Å²) in [5.74, 6) is 0. The Bertz CT molecular complexity index is 245. The summed E-state index contributed by atoms with van der Waals surface area (Å²) in [5.41, 5.74) is -0.385. The summed E-state index contributed by atoms with van der Waals surface area (Å²) in [6.07, 6.45) is 6.88. The van der Waals surface area contributed by atoms with Gasteiger partial charge >= 0.3 is 6.09 Å². The smallest absolute Gasteiger partial charge is 0.410 e. The molecule has 1 atom stereocenters. The monoisotopic (exact) mass is 241 g/mol. The molecule has 1 fully saturated rings. The number of rotatable bonds is 3. The fourth-order valence-corrected chi connectivity index (χ4v) is 2.30. The lowest BCUT2D eigenvalue weighted by Gasteiger charge is -2.36. The van der Waals surface area contributed by atoms with Gasteiger partial charge in [0.2, 0.25) is 0 Å². The van der Waals surface area contributed by atoms with E-state index in [4.69, 9.17) is 4.74 Å². The Morgan fingerprint density at radius 2 is 2.06 bits per heavy atom. The van der Waals surface area contributed by atoms with Crippen molar-refractivity contribution in [1.29, 1.82) is 0 Å². The predicted molar refractivity (Wildman–Crippen MR) is 70.1 cm³/mol. The Labute approximate surface area is 106 Å². The van der Waals surface area contributed by atoms with Gasteiger partial charge in [0.25, 0.3) is 0 Å². The van der Waals surface area contributed by atoms with Gasteiger partial charge in [0.15, 0.2) is 0 Å². The Morgan fingerprint density at radius 1 is 1.35 bits per heavy atom. The number of piperidine rings is 1. The molecule has 0 aromatic rings. The lowest BCUT2D eigenvalue weighted by molar-refractivity contribution is 0.00863. The van der Waals surface area contributed by atoms with Crippen LogP contribution in [-0.2, 0) is 4.74 Å². The van der Waals surface area contributed by atoms with Gasteiger partial charge in [-0.1, -0.05) is 19.8 Å². The third kappa shape index (κ3) is 4.97. The highest BCUT2D eigenvalue weighted by Gasteiger charge is 2.29. The Kier molecular flexibility index (Phi) is 5.29. The summed E-state index contributed by atoms with van der Waals surface area (Å²) >= 11 is 0. The zero-order valence-electron chi connectivity index (χ0n) is 11.8. The highest BCUT2D eigenvalue weighted by Crippen LogP contribution is 2.23. The minimum atomic E-state index is -0.385. The minimum Gasteiger partial charge on any atom is -0.444 e. The van der Waals surface area contributed by atoms with Gasteiger partial charge in [0, 0.05) is 12.6 Å². The molecule has 1 saturated heterocycles. The van der Waals surface area contributed by atoms with Crippen molar-refractivity contribution in [3.63, 3.8) is 0 Å². The van der Waals surface area contributed by atoms with Crippen LogP contribution in [0.25, 0.3) is 0 Å². The summed E-state index contributed by atoms with van der Waals surface area (Å²) in [7, 11) is 0. The van der Waals surface area contributed by atoms with Gasteiger partial charge in [0.1, 0.15) is 5.60 Å². The van der Waals surface area contributed by atoms with Gasteiger partial charge in [0.05, 0.1) is 0 Å². The van der Waals surface area contributed by atoms with E-state index in [9.17, 15) is 4.79 Å². The zero-order chi connectivity index (χ0) is 12.9. The number of ether oxygens (including phenoxy) is 1. The molecular formula is C14H27NO2. The van der Waals surface area contributed by atoms with Crippen LogP contribution in [0.2, 0.25) is 0 Å². The maximum absolute atomic E-state index is 12.1. The first-order chi connectivity index (χ1) is 7.94. The number of amides is 1. The normalized spacial score (nSPS) is 21.4. The van der Waals surface area contributed by atoms with Crippen molar-refractivity contribution in [2.45, 2.75) is 77.9 Å². The standard InChI is InChI=1S/C14H27NO2/c1-5-6-9-12-10-7-8-11-15(12)13(16)17-14(2,3)4/h12H,5-11H2,1-4H3/t12-/m0/s1.